The Morgan fingerprint density at radius 2 is 1.50 bits per heavy atom. The van der Waals surface area contributed by atoms with Gasteiger partial charge in [-0.3, -0.25) is 0 Å². The molecular formula is C19H22F2N2O4S. The van der Waals surface area contributed by atoms with Crippen molar-refractivity contribution in [1.29, 1.82) is 0 Å². The Hall–Kier alpha value is -2.07. The van der Waals surface area contributed by atoms with Crippen LogP contribution in [0.1, 0.15) is 11.1 Å². The van der Waals surface area contributed by atoms with Crippen LogP contribution in [0.4, 0.5) is 8.78 Å². The molecule has 0 radical (unpaired) electrons. The minimum absolute atomic E-state index is 0.121. The van der Waals surface area contributed by atoms with E-state index in [1.165, 1.54) is 16.4 Å². The van der Waals surface area contributed by atoms with Crippen LogP contribution < -0.4 is 10.1 Å². The predicted molar refractivity (Wildman–Crippen MR) is 99.6 cm³/mol. The van der Waals surface area contributed by atoms with E-state index in [9.17, 15) is 17.2 Å². The lowest BCUT2D eigenvalue weighted by atomic mass is 10.2. The number of hydrogen-bond donors (Lipinski definition) is 1. The molecule has 0 aromatic heterocycles. The molecule has 0 bridgehead atoms. The van der Waals surface area contributed by atoms with Crippen molar-refractivity contribution >= 4 is 10.0 Å². The molecular weight excluding hydrogens is 390 g/mol. The first kappa shape index (κ1) is 20.7. The molecule has 0 amide bonds. The second-order valence-corrected chi connectivity index (χ2v) is 8.22. The topological polar surface area (TPSA) is 67.9 Å². The first-order valence-electron chi connectivity index (χ1n) is 8.86. The van der Waals surface area contributed by atoms with E-state index in [1.54, 1.807) is 36.4 Å². The summed E-state index contributed by atoms with van der Waals surface area (Å²) >= 11 is 0. The van der Waals surface area contributed by atoms with E-state index in [2.05, 4.69) is 10.1 Å². The molecule has 1 heterocycles. The van der Waals surface area contributed by atoms with Crippen molar-refractivity contribution in [3.05, 3.63) is 59.7 Å². The number of halogens is 2. The summed E-state index contributed by atoms with van der Waals surface area (Å²) in [5.74, 6) is 0.121. The minimum atomic E-state index is -3.49. The Morgan fingerprint density at radius 3 is 2.04 bits per heavy atom. The van der Waals surface area contributed by atoms with Crippen molar-refractivity contribution in [3.8, 4) is 5.75 Å². The SMILES string of the molecule is O=S(=O)(c1ccc(CNCc2ccc(OC(F)F)cc2)cc1)N1CCOCC1. The minimum Gasteiger partial charge on any atom is -0.435 e. The largest absolute Gasteiger partial charge is 0.435 e. The van der Waals surface area contributed by atoms with Crippen LogP contribution in [0.3, 0.4) is 0 Å². The lowest BCUT2D eigenvalue weighted by molar-refractivity contribution is -0.0498. The molecule has 1 aliphatic rings. The van der Waals surface area contributed by atoms with Crippen LogP contribution in [0.2, 0.25) is 0 Å². The second-order valence-electron chi connectivity index (χ2n) is 6.29. The second kappa shape index (κ2) is 9.42. The zero-order valence-electron chi connectivity index (χ0n) is 15.2. The molecule has 152 valence electrons. The van der Waals surface area contributed by atoms with Crippen molar-refractivity contribution < 1.29 is 26.7 Å². The van der Waals surface area contributed by atoms with Gasteiger partial charge in [-0.25, -0.2) is 8.42 Å². The number of hydrogen-bond acceptors (Lipinski definition) is 5. The van der Waals surface area contributed by atoms with Gasteiger partial charge in [0.2, 0.25) is 10.0 Å². The quantitative estimate of drug-likeness (QED) is 0.722. The summed E-state index contributed by atoms with van der Waals surface area (Å²) in [6.07, 6.45) is 0. The van der Waals surface area contributed by atoms with Gasteiger partial charge in [-0.2, -0.15) is 13.1 Å². The van der Waals surface area contributed by atoms with Crippen molar-refractivity contribution in [3.63, 3.8) is 0 Å². The summed E-state index contributed by atoms with van der Waals surface area (Å²) in [5, 5.41) is 3.23. The molecule has 0 saturated carbocycles. The van der Waals surface area contributed by atoms with Gasteiger partial charge in [-0.15, -0.1) is 0 Å². The third-order valence-electron chi connectivity index (χ3n) is 4.34. The molecule has 2 aromatic carbocycles. The number of alkyl halides is 2. The molecule has 3 rings (SSSR count). The smallest absolute Gasteiger partial charge is 0.387 e. The zero-order valence-corrected chi connectivity index (χ0v) is 16.0. The van der Waals surface area contributed by atoms with E-state index in [0.29, 0.717) is 39.4 Å². The van der Waals surface area contributed by atoms with E-state index in [-0.39, 0.29) is 10.6 Å². The van der Waals surface area contributed by atoms with Gasteiger partial charge in [0.15, 0.2) is 0 Å². The van der Waals surface area contributed by atoms with Gasteiger partial charge in [0.05, 0.1) is 18.1 Å². The normalized spacial score (nSPS) is 15.7. The predicted octanol–water partition coefficient (Wildman–Crippen LogP) is 2.60. The Kier molecular flexibility index (Phi) is 6.95. The molecule has 0 unspecified atom stereocenters. The van der Waals surface area contributed by atoms with Gasteiger partial charge >= 0.3 is 6.61 Å². The van der Waals surface area contributed by atoms with Crippen molar-refractivity contribution in [1.82, 2.24) is 9.62 Å². The number of morpholine rings is 1. The third kappa shape index (κ3) is 5.48. The summed E-state index contributed by atoms with van der Waals surface area (Å²) < 4.78 is 60.4. The van der Waals surface area contributed by atoms with Gasteiger partial charge in [0, 0.05) is 26.2 Å². The fraction of sp³-hybridized carbons (Fsp3) is 0.368. The van der Waals surface area contributed by atoms with Crippen LogP contribution in [-0.2, 0) is 27.8 Å². The molecule has 0 aliphatic carbocycles. The summed E-state index contributed by atoms with van der Waals surface area (Å²) in [6.45, 7) is -0.179. The van der Waals surface area contributed by atoms with Crippen LogP contribution >= 0.6 is 0 Å². The Morgan fingerprint density at radius 1 is 0.964 bits per heavy atom. The van der Waals surface area contributed by atoms with E-state index >= 15 is 0 Å². The molecule has 1 fully saturated rings. The maximum atomic E-state index is 12.6. The summed E-state index contributed by atoms with van der Waals surface area (Å²) in [4.78, 5) is 0.271. The van der Waals surface area contributed by atoms with Crippen LogP contribution in [0, 0.1) is 0 Å². The van der Waals surface area contributed by atoms with Crippen LogP contribution in [0.15, 0.2) is 53.4 Å². The Bertz CT molecular complexity index is 853. The number of nitrogens with zero attached hydrogens (tertiary/aromatic N) is 1. The third-order valence-corrected chi connectivity index (χ3v) is 6.25. The average Bonchev–Trinajstić information content (AvgIpc) is 2.70. The van der Waals surface area contributed by atoms with E-state index < -0.39 is 16.6 Å². The molecule has 1 aliphatic heterocycles. The molecule has 1 saturated heterocycles. The zero-order chi connectivity index (χ0) is 20.0. The van der Waals surface area contributed by atoms with Crippen molar-refractivity contribution in [2.24, 2.45) is 0 Å². The molecule has 6 nitrogen and oxygen atoms in total. The highest BCUT2D eigenvalue weighted by Crippen LogP contribution is 2.18. The Labute approximate surface area is 163 Å². The highest BCUT2D eigenvalue weighted by atomic mass is 32.2. The molecule has 0 atom stereocenters. The fourth-order valence-corrected chi connectivity index (χ4v) is 4.26. The van der Waals surface area contributed by atoms with Crippen molar-refractivity contribution in [2.75, 3.05) is 26.3 Å². The molecule has 1 N–H and O–H groups in total. The van der Waals surface area contributed by atoms with E-state index in [0.717, 1.165) is 11.1 Å². The molecule has 28 heavy (non-hydrogen) atoms. The van der Waals surface area contributed by atoms with Crippen LogP contribution in [-0.4, -0.2) is 45.6 Å². The maximum Gasteiger partial charge on any atom is 0.387 e. The molecule has 9 heteroatoms. The number of rotatable bonds is 8. The first-order chi connectivity index (χ1) is 13.4. The summed E-state index contributed by atoms with van der Waals surface area (Å²) in [6, 6.07) is 13.2. The van der Waals surface area contributed by atoms with E-state index in [4.69, 9.17) is 4.74 Å². The van der Waals surface area contributed by atoms with Crippen LogP contribution in [0.5, 0.6) is 5.75 Å². The summed E-state index contributed by atoms with van der Waals surface area (Å²) in [5.41, 5.74) is 1.87. The standard InChI is InChI=1S/C19H22F2N2O4S/c20-19(21)27-17-5-1-15(2-6-17)13-22-14-16-3-7-18(8-4-16)28(24,25)23-9-11-26-12-10-23/h1-8,19,22H,9-14H2. The lowest BCUT2D eigenvalue weighted by Gasteiger charge is -2.26. The number of sulfonamides is 1. The first-order valence-corrected chi connectivity index (χ1v) is 10.3. The number of nitrogens with one attached hydrogen (secondary N) is 1. The Balaban J connectivity index is 1.52. The summed E-state index contributed by atoms with van der Waals surface area (Å²) in [7, 11) is -3.49. The molecule has 2 aromatic rings. The monoisotopic (exact) mass is 412 g/mol. The highest BCUT2D eigenvalue weighted by molar-refractivity contribution is 7.89. The maximum absolute atomic E-state index is 12.6. The number of benzene rings is 2. The van der Waals surface area contributed by atoms with Gasteiger partial charge in [-0.1, -0.05) is 24.3 Å². The fourth-order valence-electron chi connectivity index (χ4n) is 2.86. The van der Waals surface area contributed by atoms with Crippen LogP contribution in [0.25, 0.3) is 0 Å². The number of ether oxygens (including phenoxy) is 2. The van der Waals surface area contributed by atoms with Gasteiger partial charge < -0.3 is 14.8 Å². The highest BCUT2D eigenvalue weighted by Gasteiger charge is 2.25. The van der Waals surface area contributed by atoms with Crippen molar-refractivity contribution in [2.45, 2.75) is 24.6 Å². The average molecular weight is 412 g/mol. The van der Waals surface area contributed by atoms with Gasteiger partial charge in [-0.05, 0) is 35.4 Å². The molecule has 0 spiro atoms. The van der Waals surface area contributed by atoms with Gasteiger partial charge in [0.25, 0.3) is 0 Å². The van der Waals surface area contributed by atoms with E-state index in [1.807, 2.05) is 0 Å². The van der Waals surface area contributed by atoms with Gasteiger partial charge in [0.1, 0.15) is 5.75 Å². The lowest BCUT2D eigenvalue weighted by Crippen LogP contribution is -2.40.